The average molecular weight is 315 g/mol. The molecule has 0 aromatic carbocycles. The van der Waals surface area contributed by atoms with E-state index in [-0.39, 0.29) is 5.92 Å². The predicted molar refractivity (Wildman–Crippen MR) is 80.8 cm³/mol. The third-order valence-corrected chi connectivity index (χ3v) is 4.65. The maximum atomic E-state index is 11.9. The first-order chi connectivity index (χ1) is 9.43. The summed E-state index contributed by atoms with van der Waals surface area (Å²) in [5, 5.41) is 13.3. The van der Waals surface area contributed by atoms with Crippen molar-refractivity contribution in [2.75, 3.05) is 11.9 Å². The number of primary amides is 1. The van der Waals surface area contributed by atoms with Crippen LogP contribution in [0.1, 0.15) is 13.8 Å². The molecular weight excluding hydrogens is 298 g/mol. The van der Waals surface area contributed by atoms with E-state index in [1.807, 2.05) is 13.8 Å². The third-order valence-electron chi connectivity index (χ3n) is 2.14. The molecule has 0 saturated heterocycles. The largest absolute Gasteiger partial charge is 0.357 e. The molecule has 0 spiro atoms. The van der Waals surface area contributed by atoms with Crippen molar-refractivity contribution in [3.05, 3.63) is 12.7 Å². The van der Waals surface area contributed by atoms with Crippen LogP contribution in [0.25, 0.3) is 0 Å². The molecule has 0 fully saturated rings. The molecule has 1 rings (SSSR count). The van der Waals surface area contributed by atoms with Crippen LogP contribution in [-0.2, 0) is 4.79 Å². The van der Waals surface area contributed by atoms with Crippen LogP contribution in [0.4, 0.5) is 9.93 Å². The van der Waals surface area contributed by atoms with E-state index < -0.39 is 17.2 Å². The topological polar surface area (TPSA) is 110 Å². The summed E-state index contributed by atoms with van der Waals surface area (Å²) in [4.78, 5) is 22.6. The van der Waals surface area contributed by atoms with Crippen LogP contribution in [0.15, 0.2) is 17.0 Å². The quantitative estimate of drug-likeness (QED) is 0.519. The molecule has 9 heteroatoms. The van der Waals surface area contributed by atoms with Crippen molar-refractivity contribution < 1.29 is 9.59 Å². The molecule has 7 nitrogen and oxygen atoms in total. The minimum absolute atomic E-state index is 0.0211. The molecule has 1 heterocycles. The van der Waals surface area contributed by atoms with Crippen LogP contribution in [0.3, 0.4) is 0 Å². The minimum atomic E-state index is -0.855. The fraction of sp³-hybridized carbons (Fsp3) is 0.455. The fourth-order valence-corrected chi connectivity index (χ4v) is 3.25. The van der Waals surface area contributed by atoms with Gasteiger partial charge in [0.1, 0.15) is 0 Å². The molecule has 4 N–H and O–H groups in total. The smallest absolute Gasteiger partial charge is 0.318 e. The number of hydrogen-bond donors (Lipinski definition) is 3. The summed E-state index contributed by atoms with van der Waals surface area (Å²) in [6.45, 7) is 7.96. The van der Waals surface area contributed by atoms with Crippen LogP contribution in [0, 0.1) is 5.92 Å². The van der Waals surface area contributed by atoms with Crippen molar-refractivity contribution >= 4 is 40.2 Å². The van der Waals surface area contributed by atoms with Crippen LogP contribution in [0.2, 0.25) is 0 Å². The number of nitrogens with two attached hydrogens (primary N) is 1. The van der Waals surface area contributed by atoms with E-state index >= 15 is 0 Å². The Bertz CT molecular complexity index is 489. The van der Waals surface area contributed by atoms with Gasteiger partial charge in [0.25, 0.3) is 0 Å². The Balaban J connectivity index is 2.70. The Morgan fingerprint density at radius 2 is 2.20 bits per heavy atom. The van der Waals surface area contributed by atoms with Gasteiger partial charge in [0.05, 0.1) is 5.25 Å². The molecule has 1 aromatic heterocycles. The number of thioether (sulfide) groups is 1. The number of nitrogens with one attached hydrogen (secondary N) is 2. The zero-order valence-corrected chi connectivity index (χ0v) is 12.9. The Morgan fingerprint density at radius 1 is 1.50 bits per heavy atom. The van der Waals surface area contributed by atoms with Gasteiger partial charge in [-0.2, -0.15) is 0 Å². The number of nitrogens with zero attached hydrogens (tertiary/aromatic N) is 2. The molecule has 0 radical (unpaired) electrons. The number of anilines is 1. The van der Waals surface area contributed by atoms with Gasteiger partial charge < -0.3 is 11.1 Å². The monoisotopic (exact) mass is 315 g/mol. The molecule has 110 valence electrons. The molecule has 20 heavy (non-hydrogen) atoms. The maximum Gasteiger partial charge on any atom is 0.318 e. The maximum absolute atomic E-state index is 11.9. The van der Waals surface area contributed by atoms with Gasteiger partial charge in [0.2, 0.25) is 11.0 Å². The summed E-state index contributed by atoms with van der Waals surface area (Å²) >= 11 is 2.60. The summed E-state index contributed by atoms with van der Waals surface area (Å²) in [7, 11) is 0. The highest BCUT2D eigenvalue weighted by atomic mass is 32.2. The SMILES string of the molecule is C=CCNc1nnc(S[C@@H](C(=O)NC(N)=O)C(C)C)s1. The lowest BCUT2D eigenvalue weighted by Gasteiger charge is -2.16. The first kappa shape index (κ1) is 16.4. The molecule has 1 aromatic rings. The molecule has 0 unspecified atom stereocenters. The number of imide groups is 1. The van der Waals surface area contributed by atoms with Crippen molar-refractivity contribution in [2.24, 2.45) is 11.7 Å². The summed E-state index contributed by atoms with van der Waals surface area (Å²) in [5.74, 6) is -0.402. The van der Waals surface area contributed by atoms with Gasteiger partial charge in [-0.25, -0.2) is 4.79 Å². The van der Waals surface area contributed by atoms with Crippen molar-refractivity contribution in [3.8, 4) is 0 Å². The normalized spacial score (nSPS) is 11.9. The lowest BCUT2D eigenvalue weighted by atomic mass is 10.1. The van der Waals surface area contributed by atoms with Crippen molar-refractivity contribution in [2.45, 2.75) is 23.4 Å². The number of hydrogen-bond acceptors (Lipinski definition) is 7. The highest BCUT2D eigenvalue weighted by Gasteiger charge is 2.26. The highest BCUT2D eigenvalue weighted by Crippen LogP contribution is 2.32. The van der Waals surface area contributed by atoms with E-state index in [0.29, 0.717) is 16.0 Å². The lowest BCUT2D eigenvalue weighted by Crippen LogP contribution is -2.42. The van der Waals surface area contributed by atoms with Gasteiger partial charge in [0, 0.05) is 6.54 Å². The van der Waals surface area contributed by atoms with Crippen molar-refractivity contribution in [1.82, 2.24) is 15.5 Å². The Labute approximate surface area is 125 Å². The molecule has 3 amide bonds. The van der Waals surface area contributed by atoms with Gasteiger partial charge >= 0.3 is 6.03 Å². The average Bonchev–Trinajstić information content (AvgIpc) is 2.79. The van der Waals surface area contributed by atoms with Gasteiger partial charge in [0.15, 0.2) is 4.34 Å². The zero-order valence-electron chi connectivity index (χ0n) is 11.3. The van der Waals surface area contributed by atoms with Crippen LogP contribution < -0.4 is 16.4 Å². The number of carbonyl (C=O) groups is 2. The lowest BCUT2D eigenvalue weighted by molar-refractivity contribution is -0.120. The number of carbonyl (C=O) groups excluding carboxylic acids is 2. The van der Waals surface area contributed by atoms with Gasteiger partial charge in [-0.05, 0) is 5.92 Å². The minimum Gasteiger partial charge on any atom is -0.357 e. The molecule has 0 aliphatic carbocycles. The molecular formula is C11H17N5O2S2. The second-order valence-electron chi connectivity index (χ2n) is 4.18. The van der Waals surface area contributed by atoms with Crippen molar-refractivity contribution in [3.63, 3.8) is 0 Å². The van der Waals surface area contributed by atoms with Crippen molar-refractivity contribution in [1.29, 1.82) is 0 Å². The summed E-state index contributed by atoms with van der Waals surface area (Å²) in [6.07, 6.45) is 1.71. The number of rotatable bonds is 7. The van der Waals surface area contributed by atoms with E-state index in [4.69, 9.17) is 5.73 Å². The standard InChI is InChI=1S/C11H17N5O2S2/c1-4-5-13-10-15-16-11(20-10)19-7(6(2)3)8(17)14-9(12)18/h4,6-7H,1,5H2,2-3H3,(H,13,15)(H3,12,14,17,18)/t7-/m1/s1. The van der Waals surface area contributed by atoms with E-state index in [1.165, 1.54) is 23.1 Å². The Kier molecular flexibility index (Phi) is 6.46. The van der Waals surface area contributed by atoms with Gasteiger partial charge in [-0.15, -0.1) is 16.8 Å². The number of amides is 3. The highest BCUT2D eigenvalue weighted by molar-refractivity contribution is 8.02. The molecule has 0 aliphatic heterocycles. The fourth-order valence-electron chi connectivity index (χ4n) is 1.28. The summed E-state index contributed by atoms with van der Waals surface area (Å²) in [5.41, 5.74) is 4.96. The van der Waals surface area contributed by atoms with Crippen LogP contribution >= 0.6 is 23.1 Å². The molecule has 0 saturated carbocycles. The Morgan fingerprint density at radius 3 is 2.75 bits per heavy atom. The summed E-state index contributed by atoms with van der Waals surface area (Å²) < 4.78 is 0.648. The number of urea groups is 1. The van der Waals surface area contributed by atoms with E-state index in [0.717, 1.165) is 0 Å². The Hall–Kier alpha value is -1.61. The van der Waals surface area contributed by atoms with E-state index in [1.54, 1.807) is 6.08 Å². The summed E-state index contributed by atoms with van der Waals surface area (Å²) in [6, 6.07) is -0.855. The second kappa shape index (κ2) is 7.85. The van der Waals surface area contributed by atoms with Gasteiger partial charge in [-0.3, -0.25) is 10.1 Å². The predicted octanol–water partition coefficient (Wildman–Crippen LogP) is 1.45. The molecule has 0 bridgehead atoms. The first-order valence-electron chi connectivity index (χ1n) is 5.89. The second-order valence-corrected chi connectivity index (χ2v) is 6.54. The molecule has 1 atom stereocenters. The van der Waals surface area contributed by atoms with Gasteiger partial charge in [-0.1, -0.05) is 43.0 Å². The third kappa shape index (κ3) is 5.17. The molecule has 0 aliphatic rings. The first-order valence-corrected chi connectivity index (χ1v) is 7.59. The van der Waals surface area contributed by atoms with E-state index in [2.05, 4.69) is 27.4 Å². The van der Waals surface area contributed by atoms with Crippen LogP contribution in [-0.4, -0.2) is 33.9 Å². The van der Waals surface area contributed by atoms with E-state index in [9.17, 15) is 9.59 Å². The number of aromatic nitrogens is 2. The zero-order chi connectivity index (χ0) is 15.1. The van der Waals surface area contributed by atoms with Crippen LogP contribution in [0.5, 0.6) is 0 Å².